The van der Waals surface area contributed by atoms with Gasteiger partial charge in [-0.05, 0) is 79.7 Å². The lowest BCUT2D eigenvalue weighted by atomic mass is 9.90. The lowest BCUT2D eigenvalue weighted by Gasteiger charge is -2.15. The molecular weight excluding hydrogens is 432 g/mol. The maximum Gasteiger partial charge on any atom is -0.0224 e. The Morgan fingerprint density at radius 3 is 2.19 bits per heavy atom. The molecule has 0 amide bonds. The van der Waals surface area contributed by atoms with Crippen molar-refractivity contribution in [3.8, 4) is 0 Å². The van der Waals surface area contributed by atoms with Gasteiger partial charge in [-0.25, -0.2) is 0 Å². The Balaban J connectivity index is 0.000000344. The van der Waals surface area contributed by atoms with Crippen LogP contribution in [-0.2, 0) is 0 Å². The Kier molecular flexibility index (Phi) is 19.3. The second kappa shape index (κ2) is 21.9. The van der Waals surface area contributed by atoms with Gasteiger partial charge in [0.15, 0.2) is 0 Å². The summed E-state index contributed by atoms with van der Waals surface area (Å²) in [5.41, 5.74) is 7.25. The van der Waals surface area contributed by atoms with Crippen molar-refractivity contribution < 1.29 is 0 Å². The third kappa shape index (κ3) is 13.7. The van der Waals surface area contributed by atoms with Crippen LogP contribution >= 0.6 is 0 Å². The highest BCUT2D eigenvalue weighted by Crippen LogP contribution is 2.29. The van der Waals surface area contributed by atoms with E-state index in [1.54, 1.807) is 5.57 Å². The van der Waals surface area contributed by atoms with Crippen LogP contribution in [-0.4, -0.2) is 0 Å². The first kappa shape index (κ1) is 31.7. The van der Waals surface area contributed by atoms with Crippen molar-refractivity contribution in [2.24, 2.45) is 0 Å². The van der Waals surface area contributed by atoms with Crippen LogP contribution < -0.4 is 0 Å². The lowest BCUT2D eigenvalue weighted by molar-refractivity contribution is 0.575. The monoisotopic (exact) mass is 486 g/mol. The zero-order valence-corrected chi connectivity index (χ0v) is 24.0. The first-order valence-corrected chi connectivity index (χ1v) is 14.9. The van der Waals surface area contributed by atoms with Crippen molar-refractivity contribution in [3.63, 3.8) is 0 Å². The van der Waals surface area contributed by atoms with E-state index in [0.29, 0.717) is 0 Å². The SMILES string of the molecule is C/C=C(\CCCCCCCCCC)C1=CCCC=C1.C=C/C=C1/C=C(c2ccccc2)CCC1.CC. The summed E-state index contributed by atoms with van der Waals surface area (Å²) < 4.78 is 0. The van der Waals surface area contributed by atoms with Crippen LogP contribution in [0, 0.1) is 0 Å². The third-order valence-corrected chi connectivity index (χ3v) is 6.76. The van der Waals surface area contributed by atoms with E-state index in [2.05, 4.69) is 87.2 Å². The van der Waals surface area contributed by atoms with E-state index in [4.69, 9.17) is 0 Å². The summed E-state index contributed by atoms with van der Waals surface area (Å²) in [6.45, 7) is 12.2. The molecular formula is C36H54. The van der Waals surface area contributed by atoms with Gasteiger partial charge in [-0.2, -0.15) is 0 Å². The molecule has 0 atom stereocenters. The quantitative estimate of drug-likeness (QED) is 0.258. The number of allylic oxidation sites excluding steroid dienone is 11. The molecule has 3 rings (SSSR count). The van der Waals surface area contributed by atoms with Crippen molar-refractivity contribution in [3.05, 3.63) is 102 Å². The summed E-state index contributed by atoms with van der Waals surface area (Å²) >= 11 is 0. The number of rotatable bonds is 12. The van der Waals surface area contributed by atoms with E-state index in [-0.39, 0.29) is 0 Å². The molecule has 198 valence electrons. The van der Waals surface area contributed by atoms with Gasteiger partial charge < -0.3 is 0 Å². The van der Waals surface area contributed by atoms with Gasteiger partial charge in [-0.1, -0.05) is 145 Å². The number of benzene rings is 1. The zero-order valence-electron chi connectivity index (χ0n) is 24.0. The fraction of sp³-hybridized carbons (Fsp3) is 0.500. The first-order chi connectivity index (χ1) is 17.8. The van der Waals surface area contributed by atoms with Gasteiger partial charge in [0, 0.05) is 0 Å². The standard InChI is InChI=1S/C19H32.C15H16.C2H6/c1-3-5-6-7-8-9-10-12-15-18(4-2)19-16-13-11-14-17-19;1-2-7-13-8-6-11-15(12-13)14-9-4-3-5-10-14;1-2/h4,13,16-17H,3,5-12,14-15H2,1-2H3;2-5,7,9-10,12H,1,6,8,11H2;1-2H3/b18-4+;13-7+;. The van der Waals surface area contributed by atoms with Crippen LogP contribution in [0.4, 0.5) is 0 Å². The molecule has 1 aromatic carbocycles. The topological polar surface area (TPSA) is 0 Å². The third-order valence-electron chi connectivity index (χ3n) is 6.76. The smallest absolute Gasteiger partial charge is 0.0224 e. The molecule has 0 aliphatic heterocycles. The van der Waals surface area contributed by atoms with Crippen LogP contribution in [0.2, 0.25) is 0 Å². The zero-order chi connectivity index (χ0) is 26.3. The molecule has 0 radical (unpaired) electrons. The van der Waals surface area contributed by atoms with E-state index < -0.39 is 0 Å². The maximum absolute atomic E-state index is 3.75. The van der Waals surface area contributed by atoms with Crippen molar-refractivity contribution >= 4 is 5.57 Å². The molecule has 2 aliphatic rings. The van der Waals surface area contributed by atoms with Crippen LogP contribution in [0.1, 0.15) is 123 Å². The highest BCUT2D eigenvalue weighted by atomic mass is 14.1. The predicted octanol–water partition coefficient (Wildman–Crippen LogP) is 12.1. The molecule has 0 heteroatoms. The molecule has 0 aromatic heterocycles. The Labute approximate surface area is 224 Å². The normalized spacial score (nSPS) is 16.2. The van der Waals surface area contributed by atoms with E-state index in [0.717, 1.165) is 0 Å². The van der Waals surface area contributed by atoms with Crippen molar-refractivity contribution in [2.75, 3.05) is 0 Å². The Hall–Kier alpha value is -2.34. The minimum absolute atomic E-state index is 1.18. The maximum atomic E-state index is 3.75. The van der Waals surface area contributed by atoms with Gasteiger partial charge in [0.1, 0.15) is 0 Å². The molecule has 0 spiro atoms. The molecule has 0 heterocycles. The fourth-order valence-electron chi connectivity index (χ4n) is 4.77. The van der Waals surface area contributed by atoms with Gasteiger partial charge in [0.05, 0.1) is 0 Å². The molecule has 0 unspecified atom stereocenters. The van der Waals surface area contributed by atoms with Crippen molar-refractivity contribution in [1.82, 2.24) is 0 Å². The Morgan fingerprint density at radius 2 is 1.58 bits per heavy atom. The largest absolute Gasteiger partial charge is 0.0991 e. The molecule has 0 nitrogen and oxygen atoms in total. The number of hydrogen-bond donors (Lipinski definition) is 0. The minimum atomic E-state index is 1.18. The van der Waals surface area contributed by atoms with E-state index >= 15 is 0 Å². The average Bonchev–Trinajstić information content (AvgIpc) is 2.95. The Bertz CT molecular complexity index is 841. The molecule has 0 saturated carbocycles. The summed E-state index contributed by atoms with van der Waals surface area (Å²) in [6.07, 6.45) is 34.2. The molecule has 0 bridgehead atoms. The summed E-state index contributed by atoms with van der Waals surface area (Å²) in [7, 11) is 0. The van der Waals surface area contributed by atoms with Gasteiger partial charge >= 0.3 is 0 Å². The lowest BCUT2D eigenvalue weighted by Crippen LogP contribution is -1.94. The highest BCUT2D eigenvalue weighted by molar-refractivity contribution is 5.69. The van der Waals surface area contributed by atoms with Crippen molar-refractivity contribution in [2.45, 2.75) is 118 Å². The summed E-state index contributed by atoms with van der Waals surface area (Å²) in [4.78, 5) is 0. The minimum Gasteiger partial charge on any atom is -0.0991 e. The summed E-state index contributed by atoms with van der Waals surface area (Å²) in [6, 6.07) is 10.6. The highest BCUT2D eigenvalue weighted by Gasteiger charge is 2.08. The molecule has 0 saturated heterocycles. The average molecular weight is 487 g/mol. The molecule has 36 heavy (non-hydrogen) atoms. The van der Waals surface area contributed by atoms with Gasteiger partial charge in [0.25, 0.3) is 0 Å². The van der Waals surface area contributed by atoms with E-state index in [1.807, 2.05) is 19.9 Å². The second-order valence-corrected chi connectivity index (χ2v) is 9.54. The summed E-state index contributed by atoms with van der Waals surface area (Å²) in [5.74, 6) is 0. The van der Waals surface area contributed by atoms with Gasteiger partial charge in [0.2, 0.25) is 0 Å². The summed E-state index contributed by atoms with van der Waals surface area (Å²) in [5, 5.41) is 0. The van der Waals surface area contributed by atoms with Gasteiger partial charge in [-0.3, -0.25) is 0 Å². The predicted molar refractivity (Wildman–Crippen MR) is 165 cm³/mol. The first-order valence-electron chi connectivity index (χ1n) is 14.9. The Morgan fingerprint density at radius 1 is 0.889 bits per heavy atom. The molecule has 0 fully saturated rings. The van der Waals surface area contributed by atoms with Crippen molar-refractivity contribution in [1.29, 1.82) is 0 Å². The number of hydrogen-bond acceptors (Lipinski definition) is 0. The molecule has 0 N–H and O–H groups in total. The fourth-order valence-corrected chi connectivity index (χ4v) is 4.77. The van der Waals surface area contributed by atoms with E-state index in [9.17, 15) is 0 Å². The van der Waals surface area contributed by atoms with E-state index in [1.165, 1.54) is 112 Å². The second-order valence-electron chi connectivity index (χ2n) is 9.54. The molecule has 1 aromatic rings. The van der Waals surface area contributed by atoms with Crippen LogP contribution in [0.3, 0.4) is 0 Å². The van der Waals surface area contributed by atoms with Crippen LogP contribution in [0.25, 0.3) is 5.57 Å². The molecule has 2 aliphatic carbocycles. The van der Waals surface area contributed by atoms with Crippen LogP contribution in [0.15, 0.2) is 96.2 Å². The van der Waals surface area contributed by atoms with Crippen LogP contribution in [0.5, 0.6) is 0 Å². The van der Waals surface area contributed by atoms with Gasteiger partial charge in [-0.15, -0.1) is 0 Å². The number of unbranched alkanes of at least 4 members (excludes halogenated alkanes) is 7.